The molecule has 0 saturated carbocycles. The van der Waals surface area contributed by atoms with Crippen LogP contribution in [0.5, 0.6) is 0 Å². The normalized spacial score (nSPS) is 16.5. The third-order valence-electron chi connectivity index (χ3n) is 4.88. The lowest BCUT2D eigenvalue weighted by Gasteiger charge is -2.36. The van der Waals surface area contributed by atoms with Crippen LogP contribution in [0.3, 0.4) is 0 Å². The molecule has 0 aliphatic carbocycles. The summed E-state index contributed by atoms with van der Waals surface area (Å²) in [5.74, 6) is -0.509. The summed E-state index contributed by atoms with van der Waals surface area (Å²) in [5.41, 5.74) is 8.96. The van der Waals surface area contributed by atoms with Crippen LogP contribution in [0, 0.1) is 5.82 Å². The van der Waals surface area contributed by atoms with Gasteiger partial charge in [-0.15, -0.1) is 0 Å². The number of aromatic nitrogens is 5. The van der Waals surface area contributed by atoms with Gasteiger partial charge in [0.15, 0.2) is 5.69 Å². The summed E-state index contributed by atoms with van der Waals surface area (Å²) in [5, 5.41) is 0. The Morgan fingerprint density at radius 1 is 1.35 bits per heavy atom. The summed E-state index contributed by atoms with van der Waals surface area (Å²) in [6.07, 6.45) is 8.89. The van der Waals surface area contributed by atoms with Crippen molar-refractivity contribution in [3.8, 4) is 0 Å². The van der Waals surface area contributed by atoms with Crippen LogP contribution in [-0.4, -0.2) is 43.9 Å². The molecular weight excluding hydrogens is 535 g/mol. The van der Waals surface area contributed by atoms with E-state index in [0.29, 0.717) is 24.4 Å². The first-order chi connectivity index (χ1) is 15.0. The second kappa shape index (κ2) is 9.23. The summed E-state index contributed by atoms with van der Waals surface area (Å²) in [6, 6.07) is 2.37. The molecule has 2 N–H and O–H groups in total. The number of fused-ring (bicyclic) bond motifs is 1. The molecule has 2 unspecified atom stereocenters. The lowest BCUT2D eigenvalue weighted by atomic mass is 9.99. The van der Waals surface area contributed by atoms with Gasteiger partial charge in [0.05, 0.1) is 31.5 Å². The van der Waals surface area contributed by atoms with Crippen molar-refractivity contribution < 1.29 is 13.9 Å². The van der Waals surface area contributed by atoms with Gasteiger partial charge in [-0.05, 0) is 40.2 Å². The minimum Gasteiger partial charge on any atom is -0.464 e. The van der Waals surface area contributed by atoms with Crippen molar-refractivity contribution in [3.63, 3.8) is 0 Å². The van der Waals surface area contributed by atoms with Crippen molar-refractivity contribution >= 4 is 46.3 Å². The topological polar surface area (TPSA) is 112 Å². The molecule has 3 aromatic heterocycles. The van der Waals surface area contributed by atoms with E-state index < -0.39 is 17.8 Å². The molecule has 0 saturated heterocycles. The number of hydrogen-bond acceptors (Lipinski definition) is 8. The Labute approximate surface area is 192 Å². The summed E-state index contributed by atoms with van der Waals surface area (Å²) in [7, 11) is 1.28. The molecular formula is C19H18FIN7O2P. The molecule has 0 fully saturated rings. The molecule has 3 aromatic rings. The third kappa shape index (κ3) is 4.24. The van der Waals surface area contributed by atoms with Crippen LogP contribution in [0.25, 0.3) is 6.08 Å². The largest absolute Gasteiger partial charge is 0.464 e. The summed E-state index contributed by atoms with van der Waals surface area (Å²) < 4.78 is 20.9. The van der Waals surface area contributed by atoms with Crippen LogP contribution in [0.4, 0.5) is 10.2 Å². The van der Waals surface area contributed by atoms with Gasteiger partial charge in [-0.25, -0.2) is 24.1 Å². The molecule has 4 heterocycles. The fourth-order valence-corrected chi connectivity index (χ4v) is 5.12. The highest BCUT2D eigenvalue weighted by Crippen LogP contribution is 2.38. The maximum absolute atomic E-state index is 14.2. The van der Waals surface area contributed by atoms with E-state index in [1.54, 1.807) is 6.33 Å². The smallest absolute Gasteiger partial charge is 0.358 e. The Morgan fingerprint density at radius 2 is 2.19 bits per heavy atom. The Morgan fingerprint density at radius 3 is 2.87 bits per heavy atom. The number of pyridine rings is 1. The summed E-state index contributed by atoms with van der Waals surface area (Å²) in [4.78, 5) is 30.8. The van der Waals surface area contributed by atoms with E-state index in [1.807, 2.05) is 4.90 Å². The molecule has 1 aliphatic rings. The van der Waals surface area contributed by atoms with Gasteiger partial charge in [0, 0.05) is 36.9 Å². The quantitative estimate of drug-likeness (QED) is 0.292. The second-order valence-electron chi connectivity index (χ2n) is 6.64. The van der Waals surface area contributed by atoms with Crippen molar-refractivity contribution in [3.05, 3.63) is 71.3 Å². The summed E-state index contributed by atoms with van der Waals surface area (Å²) in [6.45, 7) is 0.593. The number of halogens is 2. The number of imidazole rings is 1. The molecule has 0 bridgehead atoms. The van der Waals surface area contributed by atoms with Gasteiger partial charge < -0.3 is 19.7 Å². The van der Waals surface area contributed by atoms with E-state index in [4.69, 9.17) is 5.73 Å². The molecule has 160 valence electrons. The predicted molar refractivity (Wildman–Crippen MR) is 123 cm³/mol. The predicted octanol–water partition coefficient (Wildman–Crippen LogP) is 2.89. The first-order valence-electron chi connectivity index (χ1n) is 9.20. The van der Waals surface area contributed by atoms with Crippen LogP contribution < -0.4 is 10.6 Å². The molecule has 0 radical (unpaired) electrons. The number of hydrogen-bond donors (Lipinski definition) is 1. The van der Waals surface area contributed by atoms with Gasteiger partial charge in [-0.3, -0.25) is 4.98 Å². The Kier molecular flexibility index (Phi) is 6.42. The lowest BCUT2D eigenvalue weighted by molar-refractivity contribution is 0.0593. The minimum absolute atomic E-state index is 0.106. The molecule has 1 aliphatic heterocycles. The number of nitrogens with two attached hydrogens (primary N) is 1. The molecule has 2 atom stereocenters. The van der Waals surface area contributed by atoms with Gasteiger partial charge >= 0.3 is 5.97 Å². The van der Waals surface area contributed by atoms with Crippen LogP contribution in [0.2, 0.25) is 0 Å². The number of nitrogens with zero attached hydrogens (tertiary/aromatic N) is 6. The first-order valence-corrected chi connectivity index (χ1v) is 13.3. The van der Waals surface area contributed by atoms with E-state index in [0.717, 1.165) is 17.8 Å². The number of methoxy groups -OCH3 is 1. The number of ether oxygens (including phenoxy) is 1. The number of carbonyl (C=O) groups is 1. The van der Waals surface area contributed by atoms with E-state index in [9.17, 15) is 9.18 Å². The van der Waals surface area contributed by atoms with Crippen LogP contribution in [0.15, 0.2) is 42.7 Å². The van der Waals surface area contributed by atoms with Gasteiger partial charge in [0.25, 0.3) is 0 Å². The van der Waals surface area contributed by atoms with E-state index in [1.165, 1.54) is 43.9 Å². The van der Waals surface area contributed by atoms with Crippen LogP contribution in [-0.2, 0) is 11.2 Å². The molecule has 12 heteroatoms. The Bertz CT molecular complexity index is 1140. The minimum atomic E-state index is -0.566. The van der Waals surface area contributed by atoms with E-state index in [-0.39, 0.29) is 11.4 Å². The maximum Gasteiger partial charge on any atom is 0.358 e. The van der Waals surface area contributed by atoms with Gasteiger partial charge in [-0.2, -0.15) is 0 Å². The molecule has 0 spiro atoms. The highest BCUT2D eigenvalue weighted by Gasteiger charge is 2.34. The molecule has 4 rings (SSSR count). The summed E-state index contributed by atoms with van der Waals surface area (Å²) >= 11 is 2.30. The maximum atomic E-state index is 14.2. The van der Waals surface area contributed by atoms with Crippen molar-refractivity contribution in [2.24, 2.45) is 5.73 Å². The monoisotopic (exact) mass is 553 g/mol. The molecule has 9 nitrogen and oxygen atoms in total. The average Bonchev–Trinajstić information content (AvgIpc) is 3.22. The van der Waals surface area contributed by atoms with Crippen LogP contribution in [0.1, 0.15) is 33.6 Å². The fourth-order valence-electron chi connectivity index (χ4n) is 3.45. The van der Waals surface area contributed by atoms with Gasteiger partial charge in [0.2, 0.25) is 0 Å². The fraction of sp³-hybridized carbons (Fsp3) is 0.211. The van der Waals surface area contributed by atoms with Gasteiger partial charge in [0.1, 0.15) is 23.4 Å². The Balaban J connectivity index is 1.77. The van der Waals surface area contributed by atoms with Crippen molar-refractivity contribution in [2.75, 3.05) is 18.6 Å². The Hall–Kier alpha value is -2.66. The average molecular weight is 553 g/mol. The van der Waals surface area contributed by atoms with Crippen molar-refractivity contribution in [1.82, 2.24) is 24.3 Å². The molecule has 31 heavy (non-hydrogen) atoms. The highest BCUT2D eigenvalue weighted by atomic mass is 127. The SMILES string of the molecule is COC(=O)c1cnc(N2CCc3c(ncn3PI)C2/C(N)=C/c2ncccc2F)cn1. The first kappa shape index (κ1) is 21.6. The number of rotatable bonds is 5. The van der Waals surface area contributed by atoms with E-state index in [2.05, 4.69) is 51.1 Å². The van der Waals surface area contributed by atoms with Crippen molar-refractivity contribution in [2.45, 2.75) is 12.5 Å². The van der Waals surface area contributed by atoms with Gasteiger partial charge in [-0.1, -0.05) is 0 Å². The zero-order valence-corrected chi connectivity index (χ0v) is 19.5. The third-order valence-corrected chi connectivity index (χ3v) is 7.01. The molecule has 0 amide bonds. The van der Waals surface area contributed by atoms with Crippen molar-refractivity contribution in [1.29, 1.82) is 0 Å². The zero-order chi connectivity index (χ0) is 22.0. The second-order valence-corrected chi connectivity index (χ2v) is 8.74. The lowest BCUT2D eigenvalue weighted by Crippen LogP contribution is -2.39. The number of carbonyl (C=O) groups excluding carboxylic acids is 1. The number of esters is 1. The van der Waals surface area contributed by atoms with E-state index >= 15 is 0 Å². The standard InChI is InChI=1S/C19H18FIN7O2P/c1-30-19(29)14-8-25-16(9-24-14)27-6-4-15-17(26-10-28(15)31-21)18(27)12(22)7-13-11(20)3-2-5-23-13/h2-3,5,7-10,18,31H,4,6,22H2,1H3/b12-7-. The molecule has 0 aromatic carbocycles. The highest BCUT2D eigenvalue weighted by molar-refractivity contribution is 14.2. The van der Waals surface area contributed by atoms with Crippen LogP contribution >= 0.6 is 28.4 Å². The number of anilines is 1. The zero-order valence-electron chi connectivity index (χ0n) is 16.4.